The number of nitrogens with one attached hydrogen (secondary N) is 1. The molecule has 6 heteroatoms. The van der Waals surface area contributed by atoms with Gasteiger partial charge >= 0.3 is 6.03 Å². The number of aromatic nitrogens is 1. The number of amides is 2. The van der Waals surface area contributed by atoms with E-state index in [-0.39, 0.29) is 12.1 Å². The molecule has 2 aliphatic rings. The number of urea groups is 1. The van der Waals surface area contributed by atoms with Gasteiger partial charge in [-0.1, -0.05) is 12.1 Å². The minimum absolute atomic E-state index is 0.154. The van der Waals surface area contributed by atoms with Gasteiger partial charge in [-0.3, -0.25) is 5.32 Å². The predicted molar refractivity (Wildman–Crippen MR) is 84.1 cm³/mol. The van der Waals surface area contributed by atoms with Gasteiger partial charge in [-0.15, -0.1) is 0 Å². The molecule has 2 atom stereocenters. The second kappa shape index (κ2) is 5.44. The molecule has 2 amide bonds. The molecule has 0 bridgehead atoms. The Kier molecular flexibility index (Phi) is 3.39. The summed E-state index contributed by atoms with van der Waals surface area (Å²) in [6.07, 6.45) is 3.28. The fourth-order valence-corrected chi connectivity index (χ4v) is 2.92. The first-order valence-electron chi connectivity index (χ1n) is 8.19. The molecule has 0 radical (unpaired) electrons. The normalized spacial score (nSPS) is 22.9. The van der Waals surface area contributed by atoms with E-state index in [0.29, 0.717) is 30.0 Å². The number of carbonyl (C=O) groups excluding carboxylic acids is 1. The highest BCUT2D eigenvalue weighted by Gasteiger charge is 2.37. The number of hydrogen-bond acceptors (Lipinski definition) is 4. The molecule has 23 heavy (non-hydrogen) atoms. The van der Waals surface area contributed by atoms with Gasteiger partial charge in [0.05, 0.1) is 6.54 Å². The summed E-state index contributed by atoms with van der Waals surface area (Å²) in [6.45, 7) is 4.52. The van der Waals surface area contributed by atoms with Crippen molar-refractivity contribution in [3.05, 3.63) is 35.5 Å². The van der Waals surface area contributed by atoms with Crippen LogP contribution in [0, 0.1) is 12.8 Å². The maximum absolute atomic E-state index is 12.5. The molecule has 2 aliphatic carbocycles. The average molecular weight is 315 g/mol. The molecule has 2 saturated carbocycles. The van der Waals surface area contributed by atoms with Gasteiger partial charge in [0, 0.05) is 18.0 Å². The predicted octanol–water partition coefficient (Wildman–Crippen LogP) is 3.90. The number of nitrogens with zero attached hydrogens (tertiary/aromatic N) is 2. The van der Waals surface area contributed by atoms with Gasteiger partial charge in [0.1, 0.15) is 17.3 Å². The quantitative estimate of drug-likeness (QED) is 0.908. The summed E-state index contributed by atoms with van der Waals surface area (Å²) in [5.41, 5.74) is 0. The van der Waals surface area contributed by atoms with Gasteiger partial charge in [0.25, 0.3) is 0 Å². The van der Waals surface area contributed by atoms with E-state index in [0.717, 1.165) is 24.4 Å². The van der Waals surface area contributed by atoms with Crippen molar-refractivity contribution in [3.8, 4) is 0 Å². The van der Waals surface area contributed by atoms with Crippen LogP contribution in [-0.2, 0) is 6.54 Å². The maximum atomic E-state index is 12.5. The molecule has 0 saturated heterocycles. The van der Waals surface area contributed by atoms with Crippen LogP contribution in [0.2, 0.25) is 0 Å². The highest BCUT2D eigenvalue weighted by atomic mass is 16.5. The van der Waals surface area contributed by atoms with E-state index in [2.05, 4.69) is 17.4 Å². The highest BCUT2D eigenvalue weighted by Crippen LogP contribution is 2.47. The van der Waals surface area contributed by atoms with Crippen molar-refractivity contribution >= 4 is 11.8 Å². The van der Waals surface area contributed by atoms with Gasteiger partial charge in [-0.25, -0.2) is 4.79 Å². The first-order chi connectivity index (χ1) is 11.1. The Morgan fingerprint density at radius 2 is 2.22 bits per heavy atom. The smallest absolute Gasteiger partial charge is 0.323 e. The van der Waals surface area contributed by atoms with Gasteiger partial charge in [-0.05, 0) is 44.2 Å². The molecule has 0 unspecified atom stereocenters. The lowest BCUT2D eigenvalue weighted by molar-refractivity contribution is 0.200. The Balaban J connectivity index is 1.43. The molecule has 4 rings (SSSR count). The Morgan fingerprint density at radius 1 is 1.43 bits per heavy atom. The van der Waals surface area contributed by atoms with Crippen LogP contribution >= 0.6 is 0 Å². The molecule has 0 spiro atoms. The number of rotatable bonds is 5. The summed E-state index contributed by atoms with van der Waals surface area (Å²) in [7, 11) is 0. The van der Waals surface area contributed by atoms with Crippen LogP contribution in [0.1, 0.15) is 49.4 Å². The summed E-state index contributed by atoms with van der Waals surface area (Å²) in [5.74, 6) is 4.29. The van der Waals surface area contributed by atoms with Crippen molar-refractivity contribution in [2.24, 2.45) is 5.92 Å². The summed E-state index contributed by atoms with van der Waals surface area (Å²) < 4.78 is 10.9. The Morgan fingerprint density at radius 3 is 2.83 bits per heavy atom. The fraction of sp³-hybridized carbons (Fsp3) is 0.529. The standard InChI is InChI=1S/C17H21N3O3/c1-10-7-14(10)15-6-5-13(22-15)9-20(12-3-4-12)17(21)18-16-8-11(2)23-19-16/h5-6,8,10,12,14H,3-4,7,9H2,1-2H3,(H,18,19,21)/t10-,14-/m1/s1. The molecule has 0 aliphatic heterocycles. The Bertz CT molecular complexity index is 716. The van der Waals surface area contributed by atoms with Gasteiger partial charge < -0.3 is 13.8 Å². The summed E-state index contributed by atoms with van der Waals surface area (Å²) in [5, 5.41) is 6.61. The highest BCUT2D eigenvalue weighted by molar-refractivity contribution is 5.88. The molecule has 6 nitrogen and oxygen atoms in total. The van der Waals surface area contributed by atoms with Crippen LogP contribution in [0.3, 0.4) is 0 Å². The number of hydrogen-bond donors (Lipinski definition) is 1. The lowest BCUT2D eigenvalue weighted by Gasteiger charge is -2.20. The molecule has 2 aromatic rings. The molecule has 2 fully saturated rings. The van der Waals surface area contributed by atoms with E-state index in [1.165, 1.54) is 6.42 Å². The molecule has 1 N–H and O–H groups in total. The minimum Gasteiger partial charge on any atom is -0.464 e. The summed E-state index contributed by atoms with van der Waals surface area (Å²) >= 11 is 0. The third kappa shape index (κ3) is 3.11. The fourth-order valence-electron chi connectivity index (χ4n) is 2.92. The van der Waals surface area contributed by atoms with Gasteiger partial charge in [0.15, 0.2) is 5.82 Å². The van der Waals surface area contributed by atoms with E-state index in [1.54, 1.807) is 13.0 Å². The van der Waals surface area contributed by atoms with E-state index < -0.39 is 0 Å². The first kappa shape index (κ1) is 14.4. The van der Waals surface area contributed by atoms with E-state index >= 15 is 0 Å². The zero-order valence-corrected chi connectivity index (χ0v) is 13.4. The topological polar surface area (TPSA) is 71.5 Å². The van der Waals surface area contributed by atoms with Crippen LogP contribution in [0.5, 0.6) is 0 Å². The molecule has 2 heterocycles. The van der Waals surface area contributed by atoms with Gasteiger partial charge in [-0.2, -0.15) is 0 Å². The van der Waals surface area contributed by atoms with Crippen molar-refractivity contribution in [2.75, 3.05) is 5.32 Å². The maximum Gasteiger partial charge on any atom is 0.323 e. The van der Waals surface area contributed by atoms with Crippen molar-refractivity contribution < 1.29 is 13.7 Å². The number of carbonyl (C=O) groups is 1. The van der Waals surface area contributed by atoms with Crippen molar-refractivity contribution in [2.45, 2.75) is 51.6 Å². The lowest BCUT2D eigenvalue weighted by atomic mass is 10.3. The molecular formula is C17H21N3O3. The van der Waals surface area contributed by atoms with Crippen LogP contribution in [-0.4, -0.2) is 22.1 Å². The third-order valence-corrected chi connectivity index (χ3v) is 4.60. The monoisotopic (exact) mass is 315 g/mol. The lowest BCUT2D eigenvalue weighted by Crippen LogP contribution is -2.36. The third-order valence-electron chi connectivity index (χ3n) is 4.60. The minimum atomic E-state index is -0.154. The van der Waals surface area contributed by atoms with Crippen LogP contribution in [0.15, 0.2) is 27.1 Å². The number of aryl methyl sites for hydroxylation is 1. The Hall–Kier alpha value is -2.24. The number of anilines is 1. The van der Waals surface area contributed by atoms with Crippen molar-refractivity contribution in [3.63, 3.8) is 0 Å². The van der Waals surface area contributed by atoms with Crippen molar-refractivity contribution in [1.29, 1.82) is 0 Å². The van der Waals surface area contributed by atoms with Crippen LogP contribution < -0.4 is 5.32 Å². The molecular weight excluding hydrogens is 294 g/mol. The molecule has 2 aromatic heterocycles. The zero-order valence-electron chi connectivity index (χ0n) is 13.4. The average Bonchev–Trinajstić information content (AvgIpc) is 3.40. The Labute approximate surface area is 134 Å². The number of furan rings is 1. The second-order valence-electron chi connectivity index (χ2n) is 6.74. The largest absolute Gasteiger partial charge is 0.464 e. The SMILES string of the molecule is Cc1cc(NC(=O)N(Cc2ccc([C@@H]3C[C@H]3C)o2)C2CC2)no1. The van der Waals surface area contributed by atoms with E-state index in [4.69, 9.17) is 8.94 Å². The van der Waals surface area contributed by atoms with Gasteiger partial charge in [0.2, 0.25) is 0 Å². The first-order valence-corrected chi connectivity index (χ1v) is 8.19. The summed E-state index contributed by atoms with van der Waals surface area (Å²) in [4.78, 5) is 14.3. The zero-order chi connectivity index (χ0) is 16.0. The van der Waals surface area contributed by atoms with Crippen LogP contribution in [0.25, 0.3) is 0 Å². The molecule has 122 valence electrons. The van der Waals surface area contributed by atoms with Crippen molar-refractivity contribution in [1.82, 2.24) is 10.1 Å². The summed E-state index contributed by atoms with van der Waals surface area (Å²) in [6, 6.07) is 5.88. The molecule has 0 aromatic carbocycles. The second-order valence-corrected chi connectivity index (χ2v) is 6.74. The van der Waals surface area contributed by atoms with E-state index in [9.17, 15) is 4.79 Å². The van der Waals surface area contributed by atoms with E-state index in [1.807, 2.05) is 17.0 Å². The van der Waals surface area contributed by atoms with Crippen LogP contribution in [0.4, 0.5) is 10.6 Å².